The lowest BCUT2D eigenvalue weighted by atomic mass is 10.1. The van der Waals surface area contributed by atoms with E-state index < -0.39 is 0 Å². The maximum Gasteiger partial charge on any atom is 0.0594 e. The van der Waals surface area contributed by atoms with Gasteiger partial charge in [0.1, 0.15) is 0 Å². The Morgan fingerprint density at radius 2 is 1.18 bits per heavy atom. The minimum Gasteiger partial charge on any atom is -0.383 e. The van der Waals surface area contributed by atoms with Crippen molar-refractivity contribution in [1.82, 2.24) is 9.80 Å². The normalized spacial score (nSPS) is 19.6. The number of hydrogen-bond acceptors (Lipinski definition) is 5. The maximum atomic E-state index is 5.20. The summed E-state index contributed by atoms with van der Waals surface area (Å²) in [6.07, 6.45) is 4.18. The fourth-order valence-corrected chi connectivity index (χ4v) is 2.45. The molecule has 2 rings (SSSR count). The molecule has 0 amide bonds. The lowest BCUT2D eigenvalue weighted by Gasteiger charge is -2.25. The van der Waals surface area contributed by atoms with Gasteiger partial charge in [0.05, 0.1) is 26.4 Å². The molecule has 0 bridgehead atoms. The third-order valence-corrected chi connectivity index (χ3v) is 3.78. The van der Waals surface area contributed by atoms with E-state index >= 15 is 0 Å². The zero-order valence-electron chi connectivity index (χ0n) is 15.3. The van der Waals surface area contributed by atoms with E-state index in [2.05, 4.69) is 9.80 Å². The van der Waals surface area contributed by atoms with Crippen LogP contribution in [-0.4, -0.2) is 89.7 Å². The summed E-state index contributed by atoms with van der Waals surface area (Å²) in [7, 11) is 3.50. The highest BCUT2D eigenvalue weighted by Crippen LogP contribution is 2.07. The van der Waals surface area contributed by atoms with Crippen LogP contribution >= 0.6 is 0 Å². The molecule has 2 saturated heterocycles. The second-order valence-electron chi connectivity index (χ2n) is 5.34. The first-order valence-electron chi connectivity index (χ1n) is 8.87. The van der Waals surface area contributed by atoms with E-state index in [1.165, 1.54) is 32.4 Å². The molecule has 5 heteroatoms. The van der Waals surface area contributed by atoms with Crippen LogP contribution in [0.3, 0.4) is 0 Å². The van der Waals surface area contributed by atoms with Crippen LogP contribution in [0.1, 0.15) is 33.1 Å². The van der Waals surface area contributed by atoms with Gasteiger partial charge in [-0.25, -0.2) is 0 Å². The van der Waals surface area contributed by atoms with Gasteiger partial charge in [0.2, 0.25) is 0 Å². The van der Waals surface area contributed by atoms with E-state index in [9.17, 15) is 0 Å². The Morgan fingerprint density at radius 1 is 0.727 bits per heavy atom. The number of hydrogen-bond donors (Lipinski definition) is 0. The Kier molecular flexibility index (Phi) is 17.0. The van der Waals surface area contributed by atoms with Crippen LogP contribution in [0.4, 0.5) is 0 Å². The summed E-state index contributed by atoms with van der Waals surface area (Å²) in [5, 5.41) is 0. The van der Waals surface area contributed by atoms with Crippen LogP contribution in [0.25, 0.3) is 0 Å². The first-order valence-corrected chi connectivity index (χ1v) is 8.87. The summed E-state index contributed by atoms with van der Waals surface area (Å²) < 4.78 is 15.2. The van der Waals surface area contributed by atoms with Crippen LogP contribution in [-0.2, 0) is 14.2 Å². The van der Waals surface area contributed by atoms with Crippen molar-refractivity contribution in [2.24, 2.45) is 0 Å². The van der Waals surface area contributed by atoms with E-state index in [1.54, 1.807) is 14.2 Å². The van der Waals surface area contributed by atoms with E-state index in [0.29, 0.717) is 0 Å². The number of ether oxygens (including phenoxy) is 3. The Labute approximate surface area is 137 Å². The molecular weight excluding hydrogens is 280 g/mol. The zero-order chi connectivity index (χ0) is 16.5. The highest BCUT2D eigenvalue weighted by molar-refractivity contribution is 4.63. The third kappa shape index (κ3) is 12.4. The van der Waals surface area contributed by atoms with E-state index in [4.69, 9.17) is 14.2 Å². The molecule has 5 nitrogen and oxygen atoms in total. The molecule has 0 aliphatic carbocycles. The summed E-state index contributed by atoms with van der Waals surface area (Å²) in [5.41, 5.74) is 0. The average molecular weight is 319 g/mol. The molecule has 22 heavy (non-hydrogen) atoms. The molecule has 0 N–H and O–H groups in total. The van der Waals surface area contributed by atoms with Crippen molar-refractivity contribution < 1.29 is 14.2 Å². The molecule has 0 radical (unpaired) electrons. The van der Waals surface area contributed by atoms with Crippen LogP contribution in [0, 0.1) is 0 Å². The summed E-state index contributed by atoms with van der Waals surface area (Å²) in [4.78, 5) is 4.83. The van der Waals surface area contributed by atoms with Crippen LogP contribution in [0.5, 0.6) is 0 Å². The number of piperidine rings is 1. The molecule has 0 aromatic heterocycles. The van der Waals surface area contributed by atoms with Gasteiger partial charge in [-0.15, -0.1) is 0 Å². The molecule has 2 aliphatic rings. The predicted molar refractivity (Wildman–Crippen MR) is 92.7 cm³/mol. The monoisotopic (exact) mass is 318 g/mol. The van der Waals surface area contributed by atoms with Crippen LogP contribution < -0.4 is 0 Å². The molecule has 0 aromatic carbocycles. The van der Waals surface area contributed by atoms with Crippen LogP contribution in [0.15, 0.2) is 0 Å². The van der Waals surface area contributed by atoms with Gasteiger partial charge >= 0.3 is 0 Å². The average Bonchev–Trinajstić information content (AvgIpc) is 2.62. The van der Waals surface area contributed by atoms with E-state index in [1.807, 2.05) is 13.8 Å². The molecule has 0 unspecified atom stereocenters. The maximum absolute atomic E-state index is 5.20. The van der Waals surface area contributed by atoms with Gasteiger partial charge in [0.15, 0.2) is 0 Å². The molecule has 0 spiro atoms. The number of nitrogens with zero attached hydrogens (tertiary/aromatic N) is 2. The van der Waals surface area contributed by atoms with E-state index in [0.717, 1.165) is 52.6 Å². The van der Waals surface area contributed by atoms with Crippen LogP contribution in [0.2, 0.25) is 0 Å². The second-order valence-corrected chi connectivity index (χ2v) is 5.34. The van der Waals surface area contributed by atoms with Gasteiger partial charge in [-0.2, -0.15) is 0 Å². The molecule has 0 saturated carbocycles. The summed E-state index contributed by atoms with van der Waals surface area (Å²) in [6.45, 7) is 14.3. The molecule has 134 valence electrons. The van der Waals surface area contributed by atoms with Crippen molar-refractivity contribution >= 4 is 0 Å². The standard InChI is InChI=1S/C8H17NO.C7H15NO2.C2H6/c1-10-8-7-9-5-3-2-4-6-9;1-9-5-2-8-3-6-10-7-4-8;1-2/h2-8H2,1H3;2-7H2,1H3;1-2H3. The van der Waals surface area contributed by atoms with Crippen molar-refractivity contribution in [2.45, 2.75) is 33.1 Å². The topological polar surface area (TPSA) is 34.2 Å². The van der Waals surface area contributed by atoms with Crippen molar-refractivity contribution in [1.29, 1.82) is 0 Å². The molecule has 2 heterocycles. The lowest BCUT2D eigenvalue weighted by molar-refractivity contribution is 0.0263. The Hall–Kier alpha value is -0.200. The van der Waals surface area contributed by atoms with Gasteiger partial charge in [-0.1, -0.05) is 20.3 Å². The van der Waals surface area contributed by atoms with Crippen molar-refractivity contribution in [3.05, 3.63) is 0 Å². The largest absolute Gasteiger partial charge is 0.383 e. The minimum absolute atomic E-state index is 0.833. The number of rotatable bonds is 6. The quantitative estimate of drug-likeness (QED) is 0.749. The van der Waals surface area contributed by atoms with Gasteiger partial charge < -0.3 is 19.1 Å². The van der Waals surface area contributed by atoms with Crippen molar-refractivity contribution in [3.8, 4) is 0 Å². The van der Waals surface area contributed by atoms with E-state index in [-0.39, 0.29) is 0 Å². The number of morpholine rings is 1. The lowest BCUT2D eigenvalue weighted by Crippen LogP contribution is -2.38. The molecule has 2 aliphatic heterocycles. The fourth-order valence-electron chi connectivity index (χ4n) is 2.45. The van der Waals surface area contributed by atoms with Gasteiger partial charge in [-0.05, 0) is 25.9 Å². The highest BCUT2D eigenvalue weighted by atomic mass is 16.5. The Bertz CT molecular complexity index is 184. The SMILES string of the molecule is CC.COCCN1CCCCC1.COCCN1CCOCC1. The first-order chi connectivity index (χ1) is 10.9. The van der Waals surface area contributed by atoms with Gasteiger partial charge in [0, 0.05) is 40.4 Å². The molecule has 0 atom stereocenters. The van der Waals surface area contributed by atoms with Gasteiger partial charge in [0.25, 0.3) is 0 Å². The predicted octanol–water partition coefficient (Wildman–Crippen LogP) is 2.11. The Morgan fingerprint density at radius 3 is 1.64 bits per heavy atom. The summed E-state index contributed by atoms with van der Waals surface area (Å²) >= 11 is 0. The molecule has 2 fully saturated rings. The van der Waals surface area contributed by atoms with Gasteiger partial charge in [-0.3, -0.25) is 4.90 Å². The van der Waals surface area contributed by atoms with Crippen molar-refractivity contribution in [2.75, 3.05) is 79.9 Å². The first kappa shape index (κ1) is 21.8. The fraction of sp³-hybridized carbons (Fsp3) is 1.00. The summed E-state index contributed by atoms with van der Waals surface area (Å²) in [6, 6.07) is 0. The Balaban J connectivity index is 0.000000360. The minimum atomic E-state index is 0.833. The summed E-state index contributed by atoms with van der Waals surface area (Å²) in [5.74, 6) is 0. The van der Waals surface area contributed by atoms with Crippen molar-refractivity contribution in [3.63, 3.8) is 0 Å². The third-order valence-electron chi connectivity index (χ3n) is 3.78. The smallest absolute Gasteiger partial charge is 0.0594 e. The second kappa shape index (κ2) is 17.2. The number of likely N-dealkylation sites (tertiary alicyclic amines) is 1. The molecule has 0 aromatic rings. The highest BCUT2D eigenvalue weighted by Gasteiger charge is 2.08. The zero-order valence-corrected chi connectivity index (χ0v) is 15.3. The molecular formula is C17H38N2O3. The number of methoxy groups -OCH3 is 2.